The van der Waals surface area contributed by atoms with Crippen LogP contribution >= 0.6 is 11.6 Å². The van der Waals surface area contributed by atoms with E-state index in [4.69, 9.17) is 20.9 Å². The molecular formula is C15H20BClN2O2. The summed E-state index contributed by atoms with van der Waals surface area (Å²) in [5, 5.41) is 1.70. The largest absolute Gasteiger partial charge is 0.496 e. The molecule has 2 aromatic rings. The minimum atomic E-state index is -0.398. The molecule has 0 atom stereocenters. The predicted octanol–water partition coefficient (Wildman–Crippen LogP) is 3.08. The molecule has 1 aliphatic rings. The average Bonchev–Trinajstić information content (AvgIpc) is 2.81. The van der Waals surface area contributed by atoms with Gasteiger partial charge in [-0.15, -0.1) is 0 Å². The standard InChI is InChI=1S/C15H20BClN2O2/c1-6-10-11-7-9(8-18-13(11)19-12(10)17)16-20-14(2,3)15(4,5)21-16/h7-8H,6H2,1-5H3,(H,18,19). The maximum atomic E-state index is 6.21. The normalized spacial score (nSPS) is 20.4. The Bertz CT molecular complexity index is 680. The first-order valence-corrected chi connectivity index (χ1v) is 7.64. The van der Waals surface area contributed by atoms with Gasteiger partial charge < -0.3 is 14.3 Å². The zero-order valence-electron chi connectivity index (χ0n) is 13.1. The Morgan fingerprint density at radius 1 is 1.24 bits per heavy atom. The second kappa shape index (κ2) is 4.73. The van der Waals surface area contributed by atoms with E-state index in [1.165, 1.54) is 0 Å². The molecule has 1 saturated heterocycles. The summed E-state index contributed by atoms with van der Waals surface area (Å²) in [6, 6.07) is 2.06. The first-order chi connectivity index (χ1) is 9.75. The molecule has 0 aromatic carbocycles. The minimum absolute atomic E-state index is 0.351. The molecule has 0 unspecified atom stereocenters. The average molecular weight is 307 g/mol. The number of aryl methyl sites for hydroxylation is 1. The van der Waals surface area contributed by atoms with Crippen LogP contribution in [0.15, 0.2) is 12.3 Å². The number of nitrogens with one attached hydrogen (secondary N) is 1. The van der Waals surface area contributed by atoms with Crippen molar-refractivity contribution in [3.63, 3.8) is 0 Å². The van der Waals surface area contributed by atoms with Crippen LogP contribution in [0.4, 0.5) is 0 Å². The Hall–Kier alpha value is -1.04. The van der Waals surface area contributed by atoms with E-state index in [-0.39, 0.29) is 11.2 Å². The van der Waals surface area contributed by atoms with Crippen LogP contribution < -0.4 is 5.46 Å². The van der Waals surface area contributed by atoms with Crippen molar-refractivity contribution in [3.8, 4) is 0 Å². The Morgan fingerprint density at radius 3 is 2.43 bits per heavy atom. The van der Waals surface area contributed by atoms with Gasteiger partial charge >= 0.3 is 7.12 Å². The summed E-state index contributed by atoms with van der Waals surface area (Å²) in [5.41, 5.74) is 2.10. The first-order valence-electron chi connectivity index (χ1n) is 7.27. The highest BCUT2D eigenvalue weighted by molar-refractivity contribution is 6.62. The van der Waals surface area contributed by atoms with Crippen LogP contribution in [0.25, 0.3) is 11.0 Å². The van der Waals surface area contributed by atoms with E-state index in [0.717, 1.165) is 28.5 Å². The molecule has 0 radical (unpaired) electrons. The van der Waals surface area contributed by atoms with Crippen LogP contribution in [0.3, 0.4) is 0 Å². The lowest BCUT2D eigenvalue weighted by atomic mass is 9.80. The van der Waals surface area contributed by atoms with Gasteiger partial charge in [0.25, 0.3) is 0 Å². The Balaban J connectivity index is 2.03. The number of hydrogen-bond donors (Lipinski definition) is 1. The van der Waals surface area contributed by atoms with Crippen molar-refractivity contribution in [2.75, 3.05) is 0 Å². The molecule has 0 aliphatic carbocycles. The second-order valence-electron chi connectivity index (χ2n) is 6.52. The van der Waals surface area contributed by atoms with Gasteiger partial charge in [0.2, 0.25) is 0 Å². The fourth-order valence-electron chi connectivity index (χ4n) is 2.56. The molecule has 0 bridgehead atoms. The zero-order chi connectivity index (χ0) is 15.4. The lowest BCUT2D eigenvalue weighted by molar-refractivity contribution is 0.00578. The summed E-state index contributed by atoms with van der Waals surface area (Å²) >= 11 is 6.21. The van der Waals surface area contributed by atoms with Crippen molar-refractivity contribution in [1.29, 1.82) is 0 Å². The van der Waals surface area contributed by atoms with Gasteiger partial charge in [0.15, 0.2) is 0 Å². The van der Waals surface area contributed by atoms with Crippen LogP contribution in [0.2, 0.25) is 5.15 Å². The second-order valence-corrected chi connectivity index (χ2v) is 6.90. The number of hydrogen-bond acceptors (Lipinski definition) is 3. The zero-order valence-corrected chi connectivity index (χ0v) is 13.8. The predicted molar refractivity (Wildman–Crippen MR) is 86.2 cm³/mol. The maximum absolute atomic E-state index is 6.21. The molecule has 21 heavy (non-hydrogen) atoms. The molecule has 6 heteroatoms. The fraction of sp³-hybridized carbons (Fsp3) is 0.533. The fourth-order valence-corrected chi connectivity index (χ4v) is 2.89. The Kier molecular flexibility index (Phi) is 3.35. The number of rotatable bonds is 2. The number of H-pyrrole nitrogens is 1. The molecule has 2 aromatic heterocycles. The van der Waals surface area contributed by atoms with Gasteiger partial charge in [-0.25, -0.2) is 4.98 Å². The molecular weight excluding hydrogens is 286 g/mol. The van der Waals surface area contributed by atoms with Crippen molar-refractivity contribution < 1.29 is 9.31 Å². The van der Waals surface area contributed by atoms with Gasteiger partial charge in [-0.1, -0.05) is 18.5 Å². The lowest BCUT2D eigenvalue weighted by Gasteiger charge is -2.32. The molecule has 3 rings (SSSR count). The molecule has 0 saturated carbocycles. The van der Waals surface area contributed by atoms with Crippen molar-refractivity contribution >= 4 is 35.2 Å². The van der Waals surface area contributed by atoms with E-state index in [2.05, 4.69) is 23.0 Å². The van der Waals surface area contributed by atoms with Crippen molar-refractivity contribution in [3.05, 3.63) is 23.0 Å². The van der Waals surface area contributed by atoms with E-state index >= 15 is 0 Å². The third-order valence-electron chi connectivity index (χ3n) is 4.61. The van der Waals surface area contributed by atoms with Gasteiger partial charge in [0.05, 0.1) is 11.2 Å². The Morgan fingerprint density at radius 2 is 1.86 bits per heavy atom. The molecule has 0 amide bonds. The van der Waals surface area contributed by atoms with E-state index in [1.807, 2.05) is 27.7 Å². The molecule has 1 fully saturated rings. The van der Waals surface area contributed by atoms with Crippen LogP contribution in [0.5, 0.6) is 0 Å². The molecule has 4 nitrogen and oxygen atoms in total. The Labute approximate surface area is 130 Å². The number of fused-ring (bicyclic) bond motifs is 1. The SMILES string of the molecule is CCc1c(Cl)[nH]c2ncc(B3OC(C)(C)C(C)(C)O3)cc12. The molecule has 0 spiro atoms. The number of pyridine rings is 1. The minimum Gasteiger partial charge on any atom is -0.399 e. The maximum Gasteiger partial charge on any atom is 0.496 e. The summed E-state index contributed by atoms with van der Waals surface area (Å²) < 4.78 is 12.1. The summed E-state index contributed by atoms with van der Waals surface area (Å²) in [5.74, 6) is 0. The van der Waals surface area contributed by atoms with Crippen LogP contribution in [-0.4, -0.2) is 28.3 Å². The van der Waals surface area contributed by atoms with Crippen LogP contribution in [0.1, 0.15) is 40.2 Å². The lowest BCUT2D eigenvalue weighted by Crippen LogP contribution is -2.41. The number of nitrogens with zero attached hydrogens (tertiary/aromatic N) is 1. The highest BCUT2D eigenvalue weighted by Gasteiger charge is 2.51. The molecule has 112 valence electrons. The summed E-state index contributed by atoms with van der Waals surface area (Å²) in [6.07, 6.45) is 2.64. The number of aromatic amines is 1. The van der Waals surface area contributed by atoms with Crippen molar-refractivity contribution in [2.45, 2.75) is 52.2 Å². The van der Waals surface area contributed by atoms with Gasteiger partial charge in [-0.2, -0.15) is 0 Å². The molecule has 1 N–H and O–H groups in total. The highest BCUT2D eigenvalue weighted by atomic mass is 35.5. The molecule has 3 heterocycles. The monoisotopic (exact) mass is 306 g/mol. The molecule has 1 aliphatic heterocycles. The van der Waals surface area contributed by atoms with Gasteiger partial charge in [0, 0.05) is 17.0 Å². The number of halogens is 1. The van der Waals surface area contributed by atoms with Gasteiger partial charge in [-0.3, -0.25) is 0 Å². The van der Waals surface area contributed by atoms with E-state index in [0.29, 0.717) is 5.15 Å². The van der Waals surface area contributed by atoms with Crippen molar-refractivity contribution in [2.24, 2.45) is 0 Å². The van der Waals surface area contributed by atoms with E-state index < -0.39 is 7.12 Å². The van der Waals surface area contributed by atoms with Gasteiger partial charge in [0.1, 0.15) is 10.8 Å². The summed E-state index contributed by atoms with van der Waals surface area (Å²) in [7, 11) is -0.398. The summed E-state index contributed by atoms with van der Waals surface area (Å²) in [6.45, 7) is 10.3. The topological polar surface area (TPSA) is 47.1 Å². The van der Waals surface area contributed by atoms with Gasteiger partial charge in [-0.05, 0) is 45.7 Å². The van der Waals surface area contributed by atoms with E-state index in [9.17, 15) is 0 Å². The number of aromatic nitrogens is 2. The highest BCUT2D eigenvalue weighted by Crippen LogP contribution is 2.36. The summed E-state index contributed by atoms with van der Waals surface area (Å²) in [4.78, 5) is 7.55. The van der Waals surface area contributed by atoms with Crippen LogP contribution in [0, 0.1) is 0 Å². The van der Waals surface area contributed by atoms with E-state index in [1.54, 1.807) is 6.20 Å². The third kappa shape index (κ3) is 2.28. The van der Waals surface area contributed by atoms with Crippen molar-refractivity contribution in [1.82, 2.24) is 9.97 Å². The quantitative estimate of drug-likeness (QED) is 0.867. The van der Waals surface area contributed by atoms with Crippen LogP contribution in [-0.2, 0) is 15.7 Å². The smallest absolute Gasteiger partial charge is 0.399 e. The third-order valence-corrected chi connectivity index (χ3v) is 4.93. The first kappa shape index (κ1) is 14.9.